The zero-order valence-electron chi connectivity index (χ0n) is 18.0. The first-order valence-electron chi connectivity index (χ1n) is 9.45. The Bertz CT molecular complexity index is 1100. The molecule has 2 aromatic rings. The van der Waals surface area contributed by atoms with Gasteiger partial charge in [0.15, 0.2) is 11.3 Å². The standard InChI is InChI=1S/C20H21F7N2O5/c1-17(2,13-7-12(21)4-5-15(13)34-3)9-18(31,20(25,26)27)10-28-8-11(19(22,23)24)6-14(16(28)30)29(32)33/h4-8,31-33H,9-10H2,1-3H3. The van der Waals surface area contributed by atoms with E-state index in [2.05, 4.69) is 0 Å². The molecular formula is C20H21F7N2O5. The summed E-state index contributed by atoms with van der Waals surface area (Å²) in [6.07, 6.45) is -11.9. The number of alkyl halides is 6. The van der Waals surface area contributed by atoms with Crippen LogP contribution in [0.2, 0.25) is 0 Å². The first kappa shape index (κ1) is 27.4. The fraction of sp³-hybridized carbons (Fsp3) is 0.450. The van der Waals surface area contributed by atoms with Crippen molar-refractivity contribution in [2.75, 3.05) is 12.3 Å². The lowest BCUT2D eigenvalue weighted by atomic mass is 9.74. The number of methoxy groups -OCH3 is 1. The molecule has 190 valence electrons. The van der Waals surface area contributed by atoms with E-state index in [4.69, 9.17) is 15.2 Å². The number of hydrogen-bond donors (Lipinski definition) is 3. The average Bonchev–Trinajstić information content (AvgIpc) is 2.67. The number of anilines is 1. The Labute approximate surface area is 188 Å². The molecule has 0 bridgehead atoms. The third-order valence-corrected chi connectivity index (χ3v) is 5.19. The molecule has 2 rings (SSSR count). The van der Waals surface area contributed by atoms with E-state index in [-0.39, 0.29) is 28.1 Å². The molecule has 34 heavy (non-hydrogen) atoms. The Morgan fingerprint density at radius 1 is 1.06 bits per heavy atom. The highest BCUT2D eigenvalue weighted by molar-refractivity contribution is 5.43. The molecule has 0 aliphatic heterocycles. The maximum absolute atomic E-state index is 14.0. The molecule has 14 heteroatoms. The number of halogens is 7. The van der Waals surface area contributed by atoms with Gasteiger partial charge in [0.2, 0.25) is 0 Å². The van der Waals surface area contributed by atoms with Gasteiger partial charge in [-0.2, -0.15) is 26.3 Å². The van der Waals surface area contributed by atoms with E-state index in [0.717, 1.165) is 18.2 Å². The molecule has 0 spiro atoms. The van der Waals surface area contributed by atoms with Gasteiger partial charge < -0.3 is 14.4 Å². The molecule has 1 atom stereocenters. The van der Waals surface area contributed by atoms with Crippen molar-refractivity contribution in [2.45, 2.75) is 50.2 Å². The van der Waals surface area contributed by atoms with Crippen molar-refractivity contribution in [2.24, 2.45) is 0 Å². The molecule has 1 heterocycles. The number of rotatable bonds is 7. The smallest absolute Gasteiger partial charge is 0.418 e. The molecule has 7 nitrogen and oxygen atoms in total. The second-order valence-electron chi connectivity index (χ2n) is 8.27. The van der Waals surface area contributed by atoms with Crippen LogP contribution < -0.4 is 15.5 Å². The van der Waals surface area contributed by atoms with Crippen molar-refractivity contribution in [3.05, 3.63) is 57.8 Å². The van der Waals surface area contributed by atoms with Gasteiger partial charge in [0, 0.05) is 11.8 Å². The quantitative estimate of drug-likeness (QED) is 0.387. The summed E-state index contributed by atoms with van der Waals surface area (Å²) in [7, 11) is 1.18. The van der Waals surface area contributed by atoms with Crippen molar-refractivity contribution in [3.8, 4) is 5.75 Å². The van der Waals surface area contributed by atoms with Crippen molar-refractivity contribution >= 4 is 5.69 Å². The monoisotopic (exact) mass is 502 g/mol. The fourth-order valence-electron chi connectivity index (χ4n) is 3.60. The Hall–Kier alpha value is -2.84. The summed E-state index contributed by atoms with van der Waals surface area (Å²) in [6.45, 7) is 0.691. The third-order valence-electron chi connectivity index (χ3n) is 5.19. The van der Waals surface area contributed by atoms with E-state index in [9.17, 15) is 40.6 Å². The van der Waals surface area contributed by atoms with Crippen LogP contribution in [-0.2, 0) is 18.1 Å². The van der Waals surface area contributed by atoms with Gasteiger partial charge in [0.25, 0.3) is 5.56 Å². The number of benzene rings is 1. The molecule has 3 N–H and O–H groups in total. The second kappa shape index (κ2) is 9.07. The van der Waals surface area contributed by atoms with Crippen LogP contribution >= 0.6 is 0 Å². The fourth-order valence-corrected chi connectivity index (χ4v) is 3.60. The van der Waals surface area contributed by atoms with Crippen LogP contribution in [0, 0.1) is 5.82 Å². The molecular weight excluding hydrogens is 481 g/mol. The Morgan fingerprint density at radius 3 is 2.12 bits per heavy atom. The Morgan fingerprint density at radius 2 is 1.65 bits per heavy atom. The Balaban J connectivity index is 2.65. The van der Waals surface area contributed by atoms with E-state index >= 15 is 0 Å². The summed E-state index contributed by atoms with van der Waals surface area (Å²) in [5.41, 5.74) is -10.3. The van der Waals surface area contributed by atoms with Gasteiger partial charge >= 0.3 is 12.4 Å². The van der Waals surface area contributed by atoms with Crippen molar-refractivity contribution in [1.29, 1.82) is 0 Å². The van der Waals surface area contributed by atoms with Crippen LogP contribution in [0.25, 0.3) is 0 Å². The first-order valence-corrected chi connectivity index (χ1v) is 9.45. The molecule has 0 amide bonds. The predicted octanol–water partition coefficient (Wildman–Crippen LogP) is 4.26. The summed E-state index contributed by atoms with van der Waals surface area (Å²) < 4.78 is 100. The van der Waals surface area contributed by atoms with Crippen molar-refractivity contribution < 1.29 is 51.0 Å². The summed E-state index contributed by atoms with van der Waals surface area (Å²) in [5.74, 6) is -0.824. The first-order chi connectivity index (χ1) is 15.3. The highest BCUT2D eigenvalue weighted by Crippen LogP contribution is 2.44. The zero-order chi connectivity index (χ0) is 26.3. The molecule has 1 aromatic carbocycles. The van der Waals surface area contributed by atoms with E-state index in [1.54, 1.807) is 0 Å². The van der Waals surface area contributed by atoms with E-state index < -0.39 is 64.2 Å². The van der Waals surface area contributed by atoms with Crippen molar-refractivity contribution in [3.63, 3.8) is 0 Å². The SMILES string of the molecule is COc1ccc(F)cc1C(C)(C)CC(O)(Cn1cc(C(F)(F)F)cc(N(O)O)c1=O)C(F)(F)F. The van der Waals surface area contributed by atoms with Crippen LogP contribution in [0.15, 0.2) is 35.3 Å². The van der Waals surface area contributed by atoms with Crippen molar-refractivity contribution in [1.82, 2.24) is 4.57 Å². The van der Waals surface area contributed by atoms with E-state index in [0.29, 0.717) is 0 Å². The number of nitrogens with zero attached hydrogens (tertiary/aromatic N) is 2. The molecule has 0 saturated carbocycles. The van der Waals surface area contributed by atoms with Crippen LogP contribution in [0.1, 0.15) is 31.4 Å². The maximum atomic E-state index is 14.0. The molecule has 1 unspecified atom stereocenters. The van der Waals surface area contributed by atoms with Gasteiger partial charge in [-0.3, -0.25) is 15.2 Å². The van der Waals surface area contributed by atoms with Crippen LogP contribution in [0.5, 0.6) is 5.75 Å². The minimum Gasteiger partial charge on any atom is -0.496 e. The molecule has 1 aromatic heterocycles. The number of aliphatic hydroxyl groups is 1. The second-order valence-corrected chi connectivity index (χ2v) is 8.27. The number of ether oxygens (including phenoxy) is 1. The topological polar surface area (TPSA) is 95.2 Å². The van der Waals surface area contributed by atoms with Gasteiger partial charge in [-0.25, -0.2) is 4.39 Å². The summed E-state index contributed by atoms with van der Waals surface area (Å²) in [5, 5.41) is 27.8. The van der Waals surface area contributed by atoms with Crippen LogP contribution in [0.3, 0.4) is 0 Å². The molecule has 0 aliphatic carbocycles. The zero-order valence-corrected chi connectivity index (χ0v) is 18.0. The normalized spacial score (nSPS) is 14.6. The lowest BCUT2D eigenvalue weighted by Gasteiger charge is -2.38. The van der Waals surface area contributed by atoms with Gasteiger partial charge in [-0.05, 0) is 36.1 Å². The lowest BCUT2D eigenvalue weighted by molar-refractivity contribution is -0.272. The van der Waals surface area contributed by atoms with Gasteiger partial charge in [0.1, 0.15) is 11.6 Å². The number of hydrogen-bond acceptors (Lipinski definition) is 6. The minimum absolute atomic E-state index is 0.00866. The molecule has 0 aliphatic rings. The predicted molar refractivity (Wildman–Crippen MR) is 103 cm³/mol. The highest BCUT2D eigenvalue weighted by atomic mass is 19.4. The Kier molecular flexibility index (Phi) is 7.31. The summed E-state index contributed by atoms with van der Waals surface area (Å²) >= 11 is 0. The third kappa shape index (κ3) is 5.62. The summed E-state index contributed by atoms with van der Waals surface area (Å²) in [6, 6.07) is 3.06. The van der Waals surface area contributed by atoms with Gasteiger partial charge in [-0.15, -0.1) is 5.23 Å². The highest BCUT2D eigenvalue weighted by Gasteiger charge is 2.56. The molecule has 0 saturated heterocycles. The van der Waals surface area contributed by atoms with E-state index in [1.807, 2.05) is 0 Å². The number of aromatic nitrogens is 1. The average molecular weight is 502 g/mol. The van der Waals surface area contributed by atoms with E-state index in [1.165, 1.54) is 21.0 Å². The molecule has 0 fully saturated rings. The largest absolute Gasteiger partial charge is 0.496 e. The maximum Gasteiger partial charge on any atom is 0.418 e. The minimum atomic E-state index is -5.48. The number of pyridine rings is 1. The van der Waals surface area contributed by atoms with Gasteiger partial charge in [0.05, 0.1) is 19.2 Å². The molecule has 0 radical (unpaired) electrons. The van der Waals surface area contributed by atoms with Crippen LogP contribution in [-0.4, -0.2) is 39.0 Å². The lowest BCUT2D eigenvalue weighted by Crippen LogP contribution is -2.53. The van der Waals surface area contributed by atoms with Gasteiger partial charge in [-0.1, -0.05) is 13.8 Å². The van der Waals surface area contributed by atoms with Crippen LogP contribution in [0.4, 0.5) is 36.4 Å². The summed E-state index contributed by atoms with van der Waals surface area (Å²) in [4.78, 5) is 12.4.